The molecule has 3 rings (SSSR count). The molecule has 1 aliphatic heterocycles. The van der Waals surface area contributed by atoms with Crippen LogP contribution in [0.5, 0.6) is 0 Å². The smallest absolute Gasteiger partial charge is 0.410 e. The largest absolute Gasteiger partial charge is 0.444 e. The first-order valence-corrected chi connectivity index (χ1v) is 8.73. The van der Waals surface area contributed by atoms with Crippen LogP contribution < -0.4 is 16.0 Å². The number of fused-ring (bicyclic) bond motifs is 1. The lowest BCUT2D eigenvalue weighted by molar-refractivity contribution is 0.0240. The van der Waals surface area contributed by atoms with Crippen LogP contribution >= 0.6 is 0 Å². The maximum absolute atomic E-state index is 12.2. The summed E-state index contributed by atoms with van der Waals surface area (Å²) in [5.74, 6) is 0.841. The summed E-state index contributed by atoms with van der Waals surface area (Å²) in [6.45, 7) is 8.15. The van der Waals surface area contributed by atoms with Crippen LogP contribution in [0.4, 0.5) is 22.0 Å². The number of piperazine rings is 1. The van der Waals surface area contributed by atoms with E-state index in [4.69, 9.17) is 10.5 Å². The van der Waals surface area contributed by atoms with Gasteiger partial charge in [-0.15, -0.1) is 0 Å². The quantitative estimate of drug-likeness (QED) is 0.795. The monoisotopic (exact) mass is 358 g/mol. The highest BCUT2D eigenvalue weighted by atomic mass is 16.6. The SMILES string of the molecule is CNc1cc2ncnc(N3CCN(C(=O)OC(C)(C)C)CC3)c2cc1N. The van der Waals surface area contributed by atoms with E-state index in [2.05, 4.69) is 20.2 Å². The van der Waals surface area contributed by atoms with Gasteiger partial charge in [-0.05, 0) is 32.9 Å². The maximum atomic E-state index is 12.2. The van der Waals surface area contributed by atoms with Crippen LogP contribution in [0.3, 0.4) is 0 Å². The molecule has 0 radical (unpaired) electrons. The molecule has 0 spiro atoms. The van der Waals surface area contributed by atoms with Crippen molar-refractivity contribution in [2.45, 2.75) is 26.4 Å². The number of amides is 1. The zero-order valence-corrected chi connectivity index (χ0v) is 15.7. The van der Waals surface area contributed by atoms with Crippen LogP contribution in [0.15, 0.2) is 18.5 Å². The standard InChI is InChI=1S/C18H26N6O2/c1-18(2,3)26-17(25)24-7-5-23(6-8-24)16-12-9-13(19)15(20-4)10-14(12)21-11-22-16/h9-11,20H,5-8,19H2,1-4H3. The molecular weight excluding hydrogens is 332 g/mol. The van der Waals surface area contributed by atoms with Gasteiger partial charge in [0.05, 0.1) is 16.9 Å². The van der Waals surface area contributed by atoms with Gasteiger partial charge in [-0.2, -0.15) is 0 Å². The number of benzene rings is 1. The number of nitrogens with zero attached hydrogens (tertiary/aromatic N) is 4. The van der Waals surface area contributed by atoms with Gasteiger partial charge in [-0.3, -0.25) is 0 Å². The second kappa shape index (κ2) is 6.86. The molecule has 140 valence electrons. The molecule has 1 aromatic heterocycles. The van der Waals surface area contributed by atoms with Crippen molar-refractivity contribution in [2.75, 3.05) is 49.2 Å². The number of nitrogen functional groups attached to an aromatic ring is 1. The Hall–Kier alpha value is -2.77. The van der Waals surface area contributed by atoms with Crippen LogP contribution in [0.1, 0.15) is 20.8 Å². The van der Waals surface area contributed by atoms with Crippen LogP contribution in [0.25, 0.3) is 10.9 Å². The maximum Gasteiger partial charge on any atom is 0.410 e. The fourth-order valence-corrected chi connectivity index (χ4v) is 3.00. The van der Waals surface area contributed by atoms with Crippen LogP contribution in [-0.2, 0) is 4.74 Å². The second-order valence-corrected chi connectivity index (χ2v) is 7.36. The van der Waals surface area contributed by atoms with Crippen molar-refractivity contribution in [3.63, 3.8) is 0 Å². The van der Waals surface area contributed by atoms with Crippen molar-refractivity contribution in [3.05, 3.63) is 18.5 Å². The minimum Gasteiger partial charge on any atom is -0.444 e. The molecule has 1 fully saturated rings. The topological polar surface area (TPSA) is 96.6 Å². The Morgan fingerprint density at radius 3 is 2.50 bits per heavy atom. The van der Waals surface area contributed by atoms with Gasteiger partial charge in [0.1, 0.15) is 17.7 Å². The summed E-state index contributed by atoms with van der Waals surface area (Å²) in [6, 6.07) is 3.82. The van der Waals surface area contributed by atoms with Crippen molar-refractivity contribution in [1.29, 1.82) is 0 Å². The Morgan fingerprint density at radius 1 is 1.19 bits per heavy atom. The highest BCUT2D eigenvalue weighted by molar-refractivity contribution is 5.95. The molecule has 1 saturated heterocycles. The lowest BCUT2D eigenvalue weighted by Crippen LogP contribution is -2.50. The van der Waals surface area contributed by atoms with Crippen molar-refractivity contribution in [3.8, 4) is 0 Å². The Kier molecular flexibility index (Phi) is 4.76. The fraction of sp³-hybridized carbons (Fsp3) is 0.500. The van der Waals surface area contributed by atoms with E-state index in [1.807, 2.05) is 40.0 Å². The number of rotatable bonds is 2. The number of nitrogens with two attached hydrogens (primary N) is 1. The van der Waals surface area contributed by atoms with E-state index < -0.39 is 5.60 Å². The summed E-state index contributed by atoms with van der Waals surface area (Å²) in [6.07, 6.45) is 1.29. The lowest BCUT2D eigenvalue weighted by Gasteiger charge is -2.36. The summed E-state index contributed by atoms with van der Waals surface area (Å²) in [4.78, 5) is 24.9. The van der Waals surface area contributed by atoms with E-state index in [-0.39, 0.29) is 6.09 Å². The van der Waals surface area contributed by atoms with E-state index in [9.17, 15) is 4.79 Å². The van der Waals surface area contributed by atoms with Gasteiger partial charge >= 0.3 is 6.09 Å². The van der Waals surface area contributed by atoms with Crippen molar-refractivity contribution in [2.24, 2.45) is 0 Å². The summed E-state index contributed by atoms with van der Waals surface area (Å²) >= 11 is 0. The minimum atomic E-state index is -0.486. The number of carbonyl (C=O) groups excluding carboxylic acids is 1. The molecule has 8 nitrogen and oxygen atoms in total. The van der Waals surface area contributed by atoms with Gasteiger partial charge in [0.2, 0.25) is 0 Å². The summed E-state index contributed by atoms with van der Waals surface area (Å²) in [7, 11) is 1.83. The summed E-state index contributed by atoms with van der Waals surface area (Å²) in [5.41, 5.74) is 7.96. The molecule has 0 bridgehead atoms. The summed E-state index contributed by atoms with van der Waals surface area (Å²) in [5, 5.41) is 3.98. The minimum absolute atomic E-state index is 0.271. The Morgan fingerprint density at radius 2 is 1.88 bits per heavy atom. The Labute approximate surface area is 153 Å². The molecule has 2 heterocycles. The van der Waals surface area contributed by atoms with E-state index >= 15 is 0 Å². The molecule has 8 heteroatoms. The highest BCUT2D eigenvalue weighted by Crippen LogP contribution is 2.30. The number of ether oxygens (including phenoxy) is 1. The molecule has 0 unspecified atom stereocenters. The first-order chi connectivity index (χ1) is 12.3. The number of carbonyl (C=O) groups is 1. The number of nitrogens with one attached hydrogen (secondary N) is 1. The molecular formula is C18H26N6O2. The third-order valence-electron chi connectivity index (χ3n) is 4.29. The molecule has 1 aromatic carbocycles. The van der Waals surface area contributed by atoms with Crippen LogP contribution in [0, 0.1) is 0 Å². The van der Waals surface area contributed by atoms with Crippen molar-refractivity contribution in [1.82, 2.24) is 14.9 Å². The van der Waals surface area contributed by atoms with Gasteiger partial charge in [-0.25, -0.2) is 14.8 Å². The van der Waals surface area contributed by atoms with Gasteiger partial charge in [0, 0.05) is 38.6 Å². The van der Waals surface area contributed by atoms with E-state index in [1.54, 1.807) is 11.2 Å². The van der Waals surface area contributed by atoms with Crippen molar-refractivity contribution >= 4 is 34.2 Å². The molecule has 2 aromatic rings. The van der Waals surface area contributed by atoms with Crippen LogP contribution in [-0.4, -0.2) is 59.8 Å². The molecule has 0 aliphatic carbocycles. The molecule has 1 amide bonds. The number of hydrogen-bond acceptors (Lipinski definition) is 7. The molecule has 26 heavy (non-hydrogen) atoms. The van der Waals surface area contributed by atoms with Gasteiger partial charge in [-0.1, -0.05) is 0 Å². The third kappa shape index (κ3) is 3.74. The van der Waals surface area contributed by atoms with Gasteiger partial charge in [0.25, 0.3) is 0 Å². The van der Waals surface area contributed by atoms with E-state index in [1.165, 1.54) is 0 Å². The zero-order valence-electron chi connectivity index (χ0n) is 15.7. The normalized spacial score (nSPS) is 15.2. The molecule has 0 atom stereocenters. The molecule has 3 N–H and O–H groups in total. The van der Waals surface area contributed by atoms with Gasteiger partial charge < -0.3 is 25.6 Å². The number of hydrogen-bond donors (Lipinski definition) is 2. The van der Waals surface area contributed by atoms with E-state index in [0.717, 1.165) is 22.4 Å². The number of anilines is 3. The number of aromatic nitrogens is 2. The summed E-state index contributed by atoms with van der Waals surface area (Å²) < 4.78 is 5.45. The average Bonchev–Trinajstić information content (AvgIpc) is 2.59. The third-order valence-corrected chi connectivity index (χ3v) is 4.29. The van der Waals surface area contributed by atoms with Gasteiger partial charge in [0.15, 0.2) is 0 Å². The lowest BCUT2D eigenvalue weighted by atomic mass is 10.1. The Balaban J connectivity index is 1.77. The zero-order chi connectivity index (χ0) is 18.9. The Bertz CT molecular complexity index is 809. The van der Waals surface area contributed by atoms with Crippen LogP contribution in [0.2, 0.25) is 0 Å². The fourth-order valence-electron chi connectivity index (χ4n) is 3.00. The second-order valence-electron chi connectivity index (χ2n) is 7.36. The average molecular weight is 358 g/mol. The molecule has 1 aliphatic rings. The first kappa shape index (κ1) is 18.0. The highest BCUT2D eigenvalue weighted by Gasteiger charge is 2.27. The first-order valence-electron chi connectivity index (χ1n) is 8.73. The van der Waals surface area contributed by atoms with Crippen molar-refractivity contribution < 1.29 is 9.53 Å². The predicted molar refractivity (Wildman–Crippen MR) is 104 cm³/mol. The predicted octanol–water partition coefficient (Wildman–Crippen LogP) is 2.31. The molecule has 0 saturated carbocycles. The van der Waals surface area contributed by atoms with E-state index in [0.29, 0.717) is 31.9 Å².